The van der Waals surface area contributed by atoms with Crippen molar-refractivity contribution in [1.82, 2.24) is 10.2 Å². The molecule has 0 unspecified atom stereocenters. The molecule has 0 aromatic carbocycles. The zero-order valence-corrected chi connectivity index (χ0v) is 14.2. The Morgan fingerprint density at radius 1 is 0.762 bits per heavy atom. The molecule has 1 fully saturated rings. The van der Waals surface area contributed by atoms with Crippen LogP contribution >= 0.6 is 0 Å². The van der Waals surface area contributed by atoms with E-state index in [1.165, 1.54) is 77.0 Å². The second kappa shape index (κ2) is 13.0. The predicted octanol–water partition coefficient (Wildman–Crippen LogP) is 5.10. The highest BCUT2D eigenvalue weighted by atomic mass is 16.2. The molecule has 0 atom stereocenters. The predicted molar refractivity (Wildman–Crippen MR) is 90.7 cm³/mol. The molecular formula is C18H36N2O. The van der Waals surface area contributed by atoms with Gasteiger partial charge in [0.15, 0.2) is 0 Å². The van der Waals surface area contributed by atoms with E-state index in [4.69, 9.17) is 0 Å². The van der Waals surface area contributed by atoms with Crippen molar-refractivity contribution in [2.75, 3.05) is 19.6 Å². The second-order valence-electron chi connectivity index (χ2n) is 6.46. The molecule has 1 saturated heterocycles. The van der Waals surface area contributed by atoms with E-state index in [1.807, 2.05) is 4.90 Å². The summed E-state index contributed by atoms with van der Waals surface area (Å²) >= 11 is 0. The number of hydrogen-bond donors (Lipinski definition) is 1. The van der Waals surface area contributed by atoms with Crippen LogP contribution in [0.3, 0.4) is 0 Å². The van der Waals surface area contributed by atoms with Crippen LogP contribution in [0.2, 0.25) is 0 Å². The Morgan fingerprint density at radius 2 is 1.19 bits per heavy atom. The molecule has 3 heteroatoms. The average molecular weight is 296 g/mol. The molecule has 124 valence electrons. The summed E-state index contributed by atoms with van der Waals surface area (Å²) in [5.41, 5.74) is 0. The Labute approximate surface area is 131 Å². The molecule has 2 amide bonds. The van der Waals surface area contributed by atoms with E-state index in [2.05, 4.69) is 12.2 Å². The molecule has 0 spiro atoms. The minimum atomic E-state index is 0.133. The number of rotatable bonds is 14. The summed E-state index contributed by atoms with van der Waals surface area (Å²) in [5, 5.41) is 2.97. The minimum Gasteiger partial charge on any atom is -0.338 e. The van der Waals surface area contributed by atoms with Gasteiger partial charge in [0.25, 0.3) is 0 Å². The van der Waals surface area contributed by atoms with E-state index in [9.17, 15) is 4.79 Å². The van der Waals surface area contributed by atoms with Gasteiger partial charge in [-0.15, -0.1) is 0 Å². The number of urea groups is 1. The van der Waals surface area contributed by atoms with Gasteiger partial charge in [-0.05, 0) is 6.42 Å². The van der Waals surface area contributed by atoms with Crippen LogP contribution in [-0.2, 0) is 0 Å². The highest BCUT2D eigenvalue weighted by Crippen LogP contribution is 2.12. The quantitative estimate of drug-likeness (QED) is 0.351. The van der Waals surface area contributed by atoms with E-state index in [0.29, 0.717) is 0 Å². The minimum absolute atomic E-state index is 0.133. The molecule has 0 bridgehead atoms. The molecule has 0 radical (unpaired) electrons. The topological polar surface area (TPSA) is 32.1 Å². The van der Waals surface area contributed by atoms with Gasteiger partial charge in [0.05, 0.1) is 0 Å². The summed E-state index contributed by atoms with van der Waals surface area (Å²) in [6, 6.07) is 0.133. The van der Waals surface area contributed by atoms with Crippen molar-refractivity contribution in [3.63, 3.8) is 0 Å². The monoisotopic (exact) mass is 296 g/mol. The van der Waals surface area contributed by atoms with Gasteiger partial charge in [-0.2, -0.15) is 0 Å². The molecule has 0 aromatic heterocycles. The van der Waals surface area contributed by atoms with Crippen LogP contribution in [0.15, 0.2) is 0 Å². The van der Waals surface area contributed by atoms with Crippen molar-refractivity contribution >= 4 is 6.03 Å². The fraction of sp³-hybridized carbons (Fsp3) is 0.944. The molecule has 0 saturated carbocycles. The Kier molecular flexibility index (Phi) is 11.3. The third kappa shape index (κ3) is 11.6. The zero-order chi connectivity index (χ0) is 15.2. The Hall–Kier alpha value is -0.730. The van der Waals surface area contributed by atoms with Crippen molar-refractivity contribution in [3.05, 3.63) is 0 Å². The average Bonchev–Trinajstić information content (AvgIpc) is 3.32. The molecular weight excluding hydrogens is 260 g/mol. The number of carbonyl (C=O) groups excluding carboxylic acids is 1. The standard InChI is InChI=1S/C18H36N2O/c1-2-3-4-5-6-7-8-9-10-11-12-13-14-15-19-18(21)20-16-17-20/h2-17H2,1H3,(H,19,21). The van der Waals surface area contributed by atoms with Gasteiger partial charge in [0.1, 0.15) is 0 Å². The Balaban J connectivity index is 1.66. The molecule has 21 heavy (non-hydrogen) atoms. The van der Waals surface area contributed by atoms with Crippen LogP contribution in [-0.4, -0.2) is 30.6 Å². The van der Waals surface area contributed by atoms with Crippen molar-refractivity contribution in [2.45, 2.75) is 90.4 Å². The molecule has 3 nitrogen and oxygen atoms in total. The number of nitrogens with zero attached hydrogens (tertiary/aromatic N) is 1. The van der Waals surface area contributed by atoms with Crippen LogP contribution in [0.25, 0.3) is 0 Å². The van der Waals surface area contributed by atoms with E-state index >= 15 is 0 Å². The number of hydrogen-bond acceptors (Lipinski definition) is 1. The second-order valence-corrected chi connectivity index (χ2v) is 6.46. The van der Waals surface area contributed by atoms with Gasteiger partial charge >= 0.3 is 6.03 Å². The number of unbranched alkanes of at least 4 members (excludes halogenated alkanes) is 12. The van der Waals surface area contributed by atoms with E-state index in [0.717, 1.165) is 26.1 Å². The van der Waals surface area contributed by atoms with E-state index in [-0.39, 0.29) is 6.03 Å². The van der Waals surface area contributed by atoms with Crippen molar-refractivity contribution in [1.29, 1.82) is 0 Å². The lowest BCUT2D eigenvalue weighted by molar-refractivity contribution is 0.229. The molecule has 1 aliphatic heterocycles. The summed E-state index contributed by atoms with van der Waals surface area (Å²) in [7, 11) is 0. The number of amides is 2. The lowest BCUT2D eigenvalue weighted by atomic mass is 10.0. The summed E-state index contributed by atoms with van der Waals surface area (Å²) < 4.78 is 0. The summed E-state index contributed by atoms with van der Waals surface area (Å²) in [5.74, 6) is 0. The van der Waals surface area contributed by atoms with Gasteiger partial charge in [-0.3, -0.25) is 0 Å². The first-order valence-corrected chi connectivity index (χ1v) is 9.37. The van der Waals surface area contributed by atoms with Crippen molar-refractivity contribution in [3.8, 4) is 0 Å². The highest BCUT2D eigenvalue weighted by molar-refractivity contribution is 5.76. The summed E-state index contributed by atoms with van der Waals surface area (Å²) in [4.78, 5) is 13.2. The Morgan fingerprint density at radius 3 is 1.62 bits per heavy atom. The van der Waals surface area contributed by atoms with Gasteiger partial charge in [-0.25, -0.2) is 4.79 Å². The van der Waals surface area contributed by atoms with Crippen LogP contribution in [0.4, 0.5) is 4.79 Å². The molecule has 0 aromatic rings. The third-order valence-corrected chi connectivity index (χ3v) is 4.29. The van der Waals surface area contributed by atoms with Crippen LogP contribution in [0, 0.1) is 0 Å². The van der Waals surface area contributed by atoms with Gasteiger partial charge in [0, 0.05) is 19.6 Å². The van der Waals surface area contributed by atoms with Crippen LogP contribution in [0.1, 0.15) is 90.4 Å². The van der Waals surface area contributed by atoms with Crippen LogP contribution < -0.4 is 5.32 Å². The molecule has 1 rings (SSSR count). The zero-order valence-electron chi connectivity index (χ0n) is 14.2. The Bertz CT molecular complexity index is 252. The first kappa shape index (κ1) is 18.3. The fourth-order valence-corrected chi connectivity index (χ4v) is 2.70. The van der Waals surface area contributed by atoms with Crippen LogP contribution in [0.5, 0.6) is 0 Å². The maximum absolute atomic E-state index is 11.3. The molecule has 1 aliphatic rings. The first-order chi connectivity index (χ1) is 10.3. The smallest absolute Gasteiger partial charge is 0.317 e. The lowest BCUT2D eigenvalue weighted by Crippen LogP contribution is -2.29. The highest BCUT2D eigenvalue weighted by Gasteiger charge is 2.22. The van der Waals surface area contributed by atoms with Crippen molar-refractivity contribution < 1.29 is 4.79 Å². The maximum atomic E-state index is 11.3. The van der Waals surface area contributed by atoms with Gasteiger partial charge in [-0.1, -0.05) is 84.0 Å². The molecule has 1 heterocycles. The first-order valence-electron chi connectivity index (χ1n) is 9.37. The summed E-state index contributed by atoms with van der Waals surface area (Å²) in [6.45, 7) is 5.03. The molecule has 1 N–H and O–H groups in total. The normalized spacial score (nSPS) is 13.5. The SMILES string of the molecule is CCCCCCCCCCCCCCCNC(=O)N1CC1. The van der Waals surface area contributed by atoms with Gasteiger partial charge in [0.2, 0.25) is 0 Å². The number of nitrogens with one attached hydrogen (secondary N) is 1. The fourth-order valence-electron chi connectivity index (χ4n) is 2.70. The largest absolute Gasteiger partial charge is 0.338 e. The number of carbonyl (C=O) groups is 1. The van der Waals surface area contributed by atoms with Crippen molar-refractivity contribution in [2.24, 2.45) is 0 Å². The third-order valence-electron chi connectivity index (χ3n) is 4.29. The van der Waals surface area contributed by atoms with E-state index in [1.54, 1.807) is 0 Å². The lowest BCUT2D eigenvalue weighted by Gasteiger charge is -2.05. The molecule has 0 aliphatic carbocycles. The van der Waals surface area contributed by atoms with Gasteiger partial charge < -0.3 is 10.2 Å². The maximum Gasteiger partial charge on any atom is 0.317 e. The summed E-state index contributed by atoms with van der Waals surface area (Å²) in [6.07, 6.45) is 17.9. The van der Waals surface area contributed by atoms with E-state index < -0.39 is 0 Å².